The monoisotopic (exact) mass is 404 g/mol. The zero-order chi connectivity index (χ0) is 20.1. The highest BCUT2D eigenvalue weighted by atomic mass is 28.4. The number of unbranched alkanes of at least 4 members (excludes halogenated alkanes) is 10. The van der Waals surface area contributed by atoms with E-state index < -0.39 is 9.05 Å². The summed E-state index contributed by atoms with van der Waals surface area (Å²) >= 11 is 0. The molecule has 5 heteroatoms. The average Bonchev–Trinajstić information content (AvgIpc) is 2.67. The predicted octanol–water partition coefficient (Wildman–Crippen LogP) is 7.03. The molecule has 0 atom stereocenters. The molecule has 0 aliphatic heterocycles. The van der Waals surface area contributed by atoms with Crippen LogP contribution < -0.4 is 0 Å². The Hall–Kier alpha value is 0.0569. The fourth-order valence-electron chi connectivity index (χ4n) is 2.77. The van der Waals surface area contributed by atoms with Crippen LogP contribution in [0, 0.1) is 0 Å². The van der Waals surface area contributed by atoms with Crippen LogP contribution in [0.4, 0.5) is 0 Å². The van der Waals surface area contributed by atoms with Crippen molar-refractivity contribution >= 4 is 9.05 Å². The molecule has 164 valence electrons. The number of hydrogen-bond acceptors (Lipinski definition) is 4. The van der Waals surface area contributed by atoms with Crippen LogP contribution >= 0.6 is 0 Å². The topological polar surface area (TPSA) is 36.9 Å². The van der Waals surface area contributed by atoms with Crippen molar-refractivity contribution < 1.29 is 17.7 Å². The second-order valence-corrected chi connectivity index (χ2v) is 9.58. The Morgan fingerprint density at radius 2 is 0.667 bits per heavy atom. The van der Waals surface area contributed by atoms with Crippen LogP contribution in [0.1, 0.15) is 118 Å². The van der Waals surface area contributed by atoms with Gasteiger partial charge in [0.05, 0.1) is 0 Å². The Bertz CT molecular complexity index is 253. The molecule has 0 aromatic rings. The highest BCUT2D eigenvalue weighted by Gasteiger charge is 2.45. The molecule has 0 radical (unpaired) electrons. The Labute approximate surface area is 171 Å². The minimum Gasteiger partial charge on any atom is -0.351 e. The summed E-state index contributed by atoms with van der Waals surface area (Å²) in [7, 11) is -3.01. The maximum atomic E-state index is 6.21. The lowest BCUT2D eigenvalue weighted by Crippen LogP contribution is -2.50. The van der Waals surface area contributed by atoms with Crippen LogP contribution in [-0.2, 0) is 17.7 Å². The van der Waals surface area contributed by atoms with E-state index in [2.05, 4.69) is 27.7 Å². The second-order valence-electron chi connectivity index (χ2n) is 7.43. The van der Waals surface area contributed by atoms with Gasteiger partial charge in [0.15, 0.2) is 0 Å². The standard InChI is InChI=1S/C22H48O4Si/c1-5-9-13-16-20-24-27(23-19-12-8-4,25-21-17-14-10-6-2)26-22-18-15-11-7-3/h5-22H2,1-4H3. The fourth-order valence-corrected chi connectivity index (χ4v) is 4.85. The van der Waals surface area contributed by atoms with E-state index >= 15 is 0 Å². The molecule has 0 aromatic carbocycles. The van der Waals surface area contributed by atoms with Gasteiger partial charge in [0.1, 0.15) is 0 Å². The predicted molar refractivity (Wildman–Crippen MR) is 117 cm³/mol. The molecule has 0 heterocycles. The molecule has 0 fully saturated rings. The summed E-state index contributed by atoms with van der Waals surface area (Å²) in [5, 5.41) is 0. The van der Waals surface area contributed by atoms with E-state index in [1.807, 2.05) is 0 Å². The minimum absolute atomic E-state index is 0.668. The second kappa shape index (κ2) is 20.8. The Kier molecular flexibility index (Phi) is 20.8. The van der Waals surface area contributed by atoms with Crippen molar-refractivity contribution in [2.45, 2.75) is 118 Å². The van der Waals surface area contributed by atoms with Gasteiger partial charge in [0, 0.05) is 26.4 Å². The van der Waals surface area contributed by atoms with Crippen LogP contribution in [0.15, 0.2) is 0 Å². The van der Waals surface area contributed by atoms with Gasteiger partial charge in [0.2, 0.25) is 0 Å². The van der Waals surface area contributed by atoms with Crippen LogP contribution in [0.3, 0.4) is 0 Å². The van der Waals surface area contributed by atoms with Crippen molar-refractivity contribution in [3.63, 3.8) is 0 Å². The lowest BCUT2D eigenvalue weighted by molar-refractivity contribution is -0.0373. The highest BCUT2D eigenvalue weighted by Crippen LogP contribution is 2.17. The molecule has 0 aliphatic rings. The van der Waals surface area contributed by atoms with Gasteiger partial charge in [-0.15, -0.1) is 0 Å². The summed E-state index contributed by atoms with van der Waals surface area (Å²) in [6.07, 6.45) is 16.3. The molecule has 0 aromatic heterocycles. The van der Waals surface area contributed by atoms with Crippen molar-refractivity contribution in [2.75, 3.05) is 26.4 Å². The molecule has 0 spiro atoms. The van der Waals surface area contributed by atoms with Gasteiger partial charge in [0.25, 0.3) is 0 Å². The van der Waals surface area contributed by atoms with Crippen molar-refractivity contribution in [3.8, 4) is 0 Å². The summed E-state index contributed by atoms with van der Waals surface area (Å²) < 4.78 is 24.8. The van der Waals surface area contributed by atoms with Crippen LogP contribution in [0.5, 0.6) is 0 Å². The van der Waals surface area contributed by atoms with Crippen LogP contribution in [0.2, 0.25) is 0 Å². The Balaban J connectivity index is 4.61. The van der Waals surface area contributed by atoms with Gasteiger partial charge >= 0.3 is 9.05 Å². The molecule has 0 saturated carbocycles. The molecule has 0 amide bonds. The van der Waals surface area contributed by atoms with E-state index in [1.165, 1.54) is 57.8 Å². The molecule has 0 N–H and O–H groups in total. The number of hydrogen-bond donors (Lipinski definition) is 0. The third-order valence-electron chi connectivity index (χ3n) is 4.61. The molecule has 0 aliphatic carbocycles. The third-order valence-corrected chi connectivity index (χ3v) is 6.84. The summed E-state index contributed by atoms with van der Waals surface area (Å²) in [5.74, 6) is 0. The first-order valence-corrected chi connectivity index (χ1v) is 13.4. The molecule has 0 saturated heterocycles. The Morgan fingerprint density at radius 1 is 0.370 bits per heavy atom. The maximum absolute atomic E-state index is 6.21. The average molecular weight is 405 g/mol. The summed E-state index contributed by atoms with van der Waals surface area (Å²) in [6.45, 7) is 11.6. The first-order chi connectivity index (χ1) is 13.2. The van der Waals surface area contributed by atoms with Crippen molar-refractivity contribution in [1.82, 2.24) is 0 Å². The normalized spacial score (nSPS) is 12.0. The molecule has 4 nitrogen and oxygen atoms in total. The zero-order valence-electron chi connectivity index (χ0n) is 18.9. The molecular weight excluding hydrogens is 356 g/mol. The first-order valence-electron chi connectivity index (χ1n) is 11.8. The van der Waals surface area contributed by atoms with E-state index in [0.717, 1.165) is 32.1 Å². The molecular formula is C22H48O4Si. The molecule has 0 rings (SSSR count). The smallest absolute Gasteiger partial charge is 0.351 e. The van der Waals surface area contributed by atoms with Gasteiger partial charge in [-0.05, 0) is 25.7 Å². The van der Waals surface area contributed by atoms with Gasteiger partial charge < -0.3 is 17.7 Å². The Morgan fingerprint density at radius 3 is 0.963 bits per heavy atom. The van der Waals surface area contributed by atoms with Crippen molar-refractivity contribution in [1.29, 1.82) is 0 Å². The molecule has 0 bridgehead atoms. The van der Waals surface area contributed by atoms with Crippen molar-refractivity contribution in [2.24, 2.45) is 0 Å². The lowest BCUT2D eigenvalue weighted by atomic mass is 10.2. The van der Waals surface area contributed by atoms with Gasteiger partial charge in [-0.3, -0.25) is 0 Å². The highest BCUT2D eigenvalue weighted by molar-refractivity contribution is 6.53. The first kappa shape index (κ1) is 27.1. The van der Waals surface area contributed by atoms with Gasteiger partial charge in [-0.2, -0.15) is 0 Å². The van der Waals surface area contributed by atoms with Crippen molar-refractivity contribution in [3.05, 3.63) is 0 Å². The minimum atomic E-state index is -3.01. The summed E-state index contributed by atoms with van der Waals surface area (Å²) in [6, 6.07) is 0. The molecule has 0 unspecified atom stereocenters. The molecule has 27 heavy (non-hydrogen) atoms. The summed E-state index contributed by atoms with van der Waals surface area (Å²) in [5.41, 5.74) is 0. The van der Waals surface area contributed by atoms with Gasteiger partial charge in [-0.1, -0.05) is 91.9 Å². The van der Waals surface area contributed by atoms with Gasteiger partial charge in [-0.25, -0.2) is 0 Å². The van der Waals surface area contributed by atoms with Crippen LogP contribution in [-0.4, -0.2) is 35.5 Å². The fraction of sp³-hybridized carbons (Fsp3) is 1.00. The quantitative estimate of drug-likeness (QED) is 0.143. The summed E-state index contributed by atoms with van der Waals surface area (Å²) in [4.78, 5) is 0. The largest absolute Gasteiger partial charge is 0.679 e. The van der Waals surface area contributed by atoms with E-state index in [4.69, 9.17) is 17.7 Å². The van der Waals surface area contributed by atoms with E-state index in [0.29, 0.717) is 26.4 Å². The van der Waals surface area contributed by atoms with E-state index in [1.54, 1.807) is 0 Å². The third kappa shape index (κ3) is 16.7. The SMILES string of the molecule is CCCCCCO[Si](OCCCC)(OCCCCCC)OCCCCCC. The van der Waals surface area contributed by atoms with E-state index in [9.17, 15) is 0 Å². The van der Waals surface area contributed by atoms with E-state index in [-0.39, 0.29) is 0 Å². The maximum Gasteiger partial charge on any atom is 0.679 e. The number of rotatable bonds is 22. The van der Waals surface area contributed by atoms with Crippen LogP contribution in [0.25, 0.3) is 0 Å². The lowest BCUT2D eigenvalue weighted by Gasteiger charge is -2.28. The zero-order valence-corrected chi connectivity index (χ0v) is 19.9.